The molecule has 0 saturated heterocycles. The first-order valence-corrected chi connectivity index (χ1v) is 6.96. The number of nitrogens with zero attached hydrogens (tertiary/aromatic N) is 2. The highest BCUT2D eigenvalue weighted by molar-refractivity contribution is 5.79. The molecule has 5 heteroatoms. The van der Waals surface area contributed by atoms with Crippen LogP contribution in [0.2, 0.25) is 0 Å². The number of hydrogen-bond acceptors (Lipinski definition) is 4. The molecule has 1 heterocycles. The van der Waals surface area contributed by atoms with Crippen LogP contribution in [-0.2, 0) is 4.79 Å². The van der Waals surface area contributed by atoms with Crippen LogP contribution in [0.25, 0.3) is 0 Å². The third kappa shape index (κ3) is 3.59. The molecule has 0 spiro atoms. The molecule has 1 saturated carbocycles. The molecule has 0 bridgehead atoms. The number of amides is 1. The van der Waals surface area contributed by atoms with Gasteiger partial charge in [-0.2, -0.15) is 0 Å². The van der Waals surface area contributed by atoms with E-state index >= 15 is 0 Å². The van der Waals surface area contributed by atoms with E-state index in [-0.39, 0.29) is 12.5 Å². The lowest BCUT2D eigenvalue weighted by Crippen LogP contribution is -2.40. The number of carbonyl (C=O) groups excluding carboxylic acids is 1. The highest BCUT2D eigenvalue weighted by Gasteiger charge is 2.25. The highest BCUT2D eigenvalue weighted by Crippen LogP contribution is 2.27. The van der Waals surface area contributed by atoms with Crippen LogP contribution >= 0.6 is 0 Å². The number of nitrogens with two attached hydrogens (primary N) is 1. The summed E-state index contributed by atoms with van der Waals surface area (Å²) in [6.45, 7) is 3.11. The first-order valence-electron chi connectivity index (χ1n) is 6.96. The smallest absolute Gasteiger partial charge is 0.237 e. The minimum absolute atomic E-state index is 0.243. The van der Waals surface area contributed by atoms with Gasteiger partial charge in [0, 0.05) is 12.6 Å². The van der Waals surface area contributed by atoms with Crippen LogP contribution in [0, 0.1) is 0 Å². The van der Waals surface area contributed by atoms with Gasteiger partial charge in [-0.3, -0.25) is 4.79 Å². The SMILES string of the molecule is CCNc1cccc(N(CC(N)=O)C2CCCC2)n1. The van der Waals surface area contributed by atoms with Gasteiger partial charge in [-0.25, -0.2) is 4.98 Å². The Morgan fingerprint density at radius 2 is 2.21 bits per heavy atom. The summed E-state index contributed by atoms with van der Waals surface area (Å²) < 4.78 is 0. The van der Waals surface area contributed by atoms with Crippen molar-refractivity contribution in [3.8, 4) is 0 Å². The minimum Gasteiger partial charge on any atom is -0.370 e. The van der Waals surface area contributed by atoms with Crippen LogP contribution < -0.4 is 16.0 Å². The fraction of sp³-hybridized carbons (Fsp3) is 0.571. The monoisotopic (exact) mass is 262 g/mol. The Morgan fingerprint density at radius 3 is 2.84 bits per heavy atom. The molecule has 1 fully saturated rings. The predicted octanol–water partition coefficient (Wildman–Crippen LogP) is 1.75. The molecule has 1 aliphatic rings. The average Bonchev–Trinajstić information content (AvgIpc) is 2.90. The molecule has 0 atom stereocenters. The van der Waals surface area contributed by atoms with E-state index in [0.29, 0.717) is 6.04 Å². The van der Waals surface area contributed by atoms with E-state index < -0.39 is 0 Å². The van der Waals surface area contributed by atoms with Crippen molar-refractivity contribution >= 4 is 17.5 Å². The highest BCUT2D eigenvalue weighted by atomic mass is 16.1. The van der Waals surface area contributed by atoms with Crippen LogP contribution in [-0.4, -0.2) is 30.0 Å². The Morgan fingerprint density at radius 1 is 1.47 bits per heavy atom. The first-order chi connectivity index (χ1) is 9.20. The first kappa shape index (κ1) is 13.6. The van der Waals surface area contributed by atoms with E-state index in [1.54, 1.807) is 0 Å². The van der Waals surface area contributed by atoms with Crippen molar-refractivity contribution in [3.63, 3.8) is 0 Å². The summed E-state index contributed by atoms with van der Waals surface area (Å²) in [6.07, 6.45) is 4.65. The van der Waals surface area contributed by atoms with E-state index in [9.17, 15) is 4.79 Å². The van der Waals surface area contributed by atoms with Gasteiger partial charge in [0.25, 0.3) is 0 Å². The van der Waals surface area contributed by atoms with Gasteiger partial charge in [-0.05, 0) is 31.9 Å². The molecule has 1 aliphatic carbocycles. The van der Waals surface area contributed by atoms with E-state index in [1.165, 1.54) is 12.8 Å². The zero-order valence-electron chi connectivity index (χ0n) is 11.4. The van der Waals surface area contributed by atoms with E-state index in [1.807, 2.05) is 25.1 Å². The van der Waals surface area contributed by atoms with Crippen molar-refractivity contribution in [2.75, 3.05) is 23.3 Å². The summed E-state index contributed by atoms with van der Waals surface area (Å²) in [6, 6.07) is 6.23. The maximum atomic E-state index is 11.3. The topological polar surface area (TPSA) is 71.2 Å². The molecule has 0 aliphatic heterocycles. The fourth-order valence-electron chi connectivity index (χ4n) is 2.64. The molecule has 19 heavy (non-hydrogen) atoms. The standard InChI is InChI=1S/C14H22N4O/c1-2-16-13-8-5-9-14(17-13)18(10-12(15)19)11-6-3-4-7-11/h5,8-9,11H,2-4,6-7,10H2,1H3,(H2,15,19)(H,16,17). The van der Waals surface area contributed by atoms with Crippen LogP contribution in [0.5, 0.6) is 0 Å². The quantitative estimate of drug-likeness (QED) is 0.819. The number of aromatic nitrogens is 1. The Balaban J connectivity index is 2.20. The Labute approximate surface area is 114 Å². The molecule has 3 N–H and O–H groups in total. The largest absolute Gasteiger partial charge is 0.370 e. The summed E-state index contributed by atoms with van der Waals surface area (Å²) >= 11 is 0. The van der Waals surface area contributed by atoms with Gasteiger partial charge < -0.3 is 16.0 Å². The number of anilines is 2. The molecule has 2 rings (SSSR count). The lowest BCUT2D eigenvalue weighted by Gasteiger charge is -2.29. The molecule has 0 radical (unpaired) electrons. The van der Waals surface area contributed by atoms with Crippen molar-refractivity contribution in [1.29, 1.82) is 0 Å². The Kier molecular flexibility index (Phi) is 4.60. The number of rotatable bonds is 6. The predicted molar refractivity (Wildman–Crippen MR) is 77.2 cm³/mol. The number of primary amides is 1. The van der Waals surface area contributed by atoms with Crippen molar-refractivity contribution in [2.24, 2.45) is 5.73 Å². The Bertz CT molecular complexity index is 429. The van der Waals surface area contributed by atoms with Crippen LogP contribution in [0.4, 0.5) is 11.6 Å². The summed E-state index contributed by atoms with van der Waals surface area (Å²) in [5.74, 6) is 1.37. The molecule has 5 nitrogen and oxygen atoms in total. The number of carbonyl (C=O) groups is 1. The normalized spacial score (nSPS) is 15.4. The number of hydrogen-bond donors (Lipinski definition) is 2. The molecular formula is C14H22N4O. The van der Waals surface area contributed by atoms with Crippen molar-refractivity contribution in [2.45, 2.75) is 38.6 Å². The third-order valence-electron chi connectivity index (χ3n) is 3.48. The summed E-state index contributed by atoms with van der Waals surface area (Å²) in [5, 5.41) is 3.19. The second-order valence-electron chi connectivity index (χ2n) is 4.94. The van der Waals surface area contributed by atoms with Gasteiger partial charge >= 0.3 is 0 Å². The van der Waals surface area contributed by atoms with E-state index in [2.05, 4.69) is 15.2 Å². The molecule has 1 aromatic rings. The Hall–Kier alpha value is -1.78. The second kappa shape index (κ2) is 6.41. The van der Waals surface area contributed by atoms with Gasteiger partial charge in [-0.15, -0.1) is 0 Å². The van der Waals surface area contributed by atoms with E-state index in [4.69, 9.17) is 5.73 Å². The van der Waals surface area contributed by atoms with Crippen molar-refractivity contribution < 1.29 is 4.79 Å². The van der Waals surface area contributed by atoms with Crippen LogP contribution in [0.3, 0.4) is 0 Å². The summed E-state index contributed by atoms with van der Waals surface area (Å²) in [7, 11) is 0. The molecule has 104 valence electrons. The van der Waals surface area contributed by atoms with Crippen molar-refractivity contribution in [1.82, 2.24) is 4.98 Å². The molecule has 1 aromatic heterocycles. The van der Waals surface area contributed by atoms with E-state index in [0.717, 1.165) is 31.0 Å². The lowest BCUT2D eigenvalue weighted by atomic mass is 10.2. The van der Waals surface area contributed by atoms with Gasteiger partial charge in [0.15, 0.2) is 0 Å². The van der Waals surface area contributed by atoms with Crippen LogP contribution in [0.1, 0.15) is 32.6 Å². The van der Waals surface area contributed by atoms with Gasteiger partial charge in [0.1, 0.15) is 11.6 Å². The van der Waals surface area contributed by atoms with Gasteiger partial charge in [0.2, 0.25) is 5.91 Å². The van der Waals surface area contributed by atoms with Crippen LogP contribution in [0.15, 0.2) is 18.2 Å². The number of pyridine rings is 1. The van der Waals surface area contributed by atoms with Gasteiger partial charge in [0.05, 0.1) is 6.54 Å². The molecule has 0 aromatic carbocycles. The molecule has 1 amide bonds. The lowest BCUT2D eigenvalue weighted by molar-refractivity contribution is -0.116. The minimum atomic E-state index is -0.303. The fourth-order valence-corrected chi connectivity index (χ4v) is 2.64. The van der Waals surface area contributed by atoms with Crippen molar-refractivity contribution in [3.05, 3.63) is 18.2 Å². The third-order valence-corrected chi connectivity index (χ3v) is 3.48. The average molecular weight is 262 g/mol. The maximum Gasteiger partial charge on any atom is 0.237 e. The second-order valence-corrected chi connectivity index (χ2v) is 4.94. The molecular weight excluding hydrogens is 240 g/mol. The summed E-state index contributed by atoms with van der Waals surface area (Å²) in [4.78, 5) is 17.9. The maximum absolute atomic E-state index is 11.3. The zero-order chi connectivity index (χ0) is 13.7. The number of nitrogens with one attached hydrogen (secondary N) is 1. The molecule has 0 unspecified atom stereocenters. The zero-order valence-corrected chi connectivity index (χ0v) is 11.4. The summed E-state index contributed by atoms with van der Waals surface area (Å²) in [5.41, 5.74) is 5.37. The van der Waals surface area contributed by atoms with Gasteiger partial charge in [-0.1, -0.05) is 18.9 Å².